The third kappa shape index (κ3) is 1.99. The highest BCUT2D eigenvalue weighted by Crippen LogP contribution is 2.19. The third-order valence-electron chi connectivity index (χ3n) is 1.09. The van der Waals surface area contributed by atoms with Gasteiger partial charge in [0.25, 0.3) is 0 Å². The Morgan fingerprint density at radius 3 is 2.09 bits per heavy atom. The summed E-state index contributed by atoms with van der Waals surface area (Å²) in [6.07, 6.45) is -7.91. The molecule has 0 aromatic rings. The number of alkyl halides is 3. The number of nitrogens with one attached hydrogen (secondary N) is 3. The summed E-state index contributed by atoms with van der Waals surface area (Å²) >= 11 is 0. The van der Waals surface area contributed by atoms with E-state index in [0.29, 0.717) is 0 Å². The molecule has 1 aliphatic heterocycles. The van der Waals surface area contributed by atoms with Gasteiger partial charge in [-0.05, 0) is 4.53 Å². The molecule has 8 heteroatoms. The summed E-state index contributed by atoms with van der Waals surface area (Å²) in [5.41, 5.74) is 3.63. The van der Waals surface area contributed by atoms with Crippen molar-refractivity contribution in [2.45, 2.75) is 18.7 Å². The molecule has 0 radical (unpaired) electrons. The van der Waals surface area contributed by atoms with Crippen LogP contribution in [0.25, 0.3) is 0 Å². The topological polar surface area (TPSA) is 45.3 Å². The van der Waals surface area contributed by atoms with Gasteiger partial charge in [0, 0.05) is 0 Å². The van der Waals surface area contributed by atoms with Crippen molar-refractivity contribution in [1.82, 2.24) is 16.2 Å². The molecule has 4 nitrogen and oxygen atoms in total. The van der Waals surface area contributed by atoms with E-state index in [0.717, 1.165) is 0 Å². The zero-order chi connectivity index (χ0) is 8.48. The summed E-state index contributed by atoms with van der Waals surface area (Å²) in [5, 5.41) is 1.74. The molecule has 3 N–H and O–H groups in total. The van der Waals surface area contributed by atoms with Crippen LogP contribution >= 0.6 is 0 Å². The summed E-state index contributed by atoms with van der Waals surface area (Å²) in [6, 6.07) is 0. The lowest BCUT2D eigenvalue weighted by molar-refractivity contribution is -0.202. The van der Waals surface area contributed by atoms with Crippen LogP contribution in [0.5, 0.6) is 0 Å². The highest BCUT2D eigenvalue weighted by Gasteiger charge is 2.44. The quantitative estimate of drug-likeness (QED) is 0.481. The molecule has 1 aliphatic rings. The average molecular weight is 175 g/mol. The second-order valence-electron chi connectivity index (χ2n) is 1.90. The minimum Gasteiger partial charge on any atom is -0.251 e. The van der Waals surface area contributed by atoms with Crippen molar-refractivity contribution in [2.24, 2.45) is 0 Å². The Labute approximate surface area is 58.8 Å². The molecule has 66 valence electrons. The predicted molar refractivity (Wildman–Crippen MR) is 25.2 cm³/mol. The second-order valence-corrected chi connectivity index (χ2v) is 1.90. The maximum atomic E-state index is 11.7. The molecule has 11 heavy (non-hydrogen) atoms. The van der Waals surface area contributed by atoms with Gasteiger partial charge in [0.1, 0.15) is 0 Å². The Balaban J connectivity index is 2.42. The van der Waals surface area contributed by atoms with E-state index < -0.39 is 18.7 Å². The first-order chi connectivity index (χ1) is 5.04. The normalized spacial score (nSPS) is 32.7. The van der Waals surface area contributed by atoms with Gasteiger partial charge in [-0.2, -0.15) is 18.1 Å². The highest BCUT2D eigenvalue weighted by molar-refractivity contribution is 4.76. The monoisotopic (exact) mass is 175 g/mol. The zero-order valence-corrected chi connectivity index (χ0v) is 5.07. The second kappa shape index (κ2) is 2.89. The fourth-order valence-electron chi connectivity index (χ4n) is 0.618. The molecule has 0 bridgehead atoms. The summed E-state index contributed by atoms with van der Waals surface area (Å²) in [7, 11) is 0. The number of hydrogen-bond acceptors (Lipinski definition) is 4. The van der Waals surface area contributed by atoms with Crippen molar-refractivity contribution in [3.63, 3.8) is 0 Å². The molecule has 1 saturated heterocycles. The van der Waals surface area contributed by atoms with Crippen LogP contribution < -0.4 is 16.2 Å². The number of halogens is 4. The van der Waals surface area contributed by atoms with Crippen LogP contribution in [0.3, 0.4) is 0 Å². The first kappa shape index (κ1) is 8.65. The van der Waals surface area contributed by atoms with E-state index in [2.05, 4.69) is 4.94 Å². The first-order valence-corrected chi connectivity index (χ1v) is 2.65. The molecule has 0 spiro atoms. The number of rotatable bonds is 1. The molecule has 2 atom stereocenters. The van der Waals surface area contributed by atoms with Gasteiger partial charge in [0.15, 0.2) is 6.17 Å². The number of hydrazine groups is 1. The minimum atomic E-state index is -4.47. The summed E-state index contributed by atoms with van der Waals surface area (Å²) in [6.45, 7) is 0. The van der Waals surface area contributed by atoms with E-state index in [4.69, 9.17) is 0 Å². The van der Waals surface area contributed by atoms with Crippen molar-refractivity contribution in [2.75, 3.05) is 0 Å². The Morgan fingerprint density at radius 1 is 1.18 bits per heavy atom. The van der Waals surface area contributed by atoms with Crippen molar-refractivity contribution in [3.8, 4) is 0 Å². The van der Waals surface area contributed by atoms with E-state index in [9.17, 15) is 17.7 Å². The van der Waals surface area contributed by atoms with Crippen LogP contribution in [0.2, 0.25) is 0 Å². The van der Waals surface area contributed by atoms with Crippen LogP contribution in [0.15, 0.2) is 0 Å². The molecular weight excluding hydrogens is 170 g/mol. The Morgan fingerprint density at radius 2 is 1.82 bits per heavy atom. The molecule has 1 fully saturated rings. The summed E-state index contributed by atoms with van der Waals surface area (Å²) in [5.74, 6) is 0. The van der Waals surface area contributed by atoms with Crippen molar-refractivity contribution < 1.29 is 22.6 Å². The van der Waals surface area contributed by atoms with Gasteiger partial charge < -0.3 is 0 Å². The largest absolute Gasteiger partial charge is 0.418 e. The molecule has 0 aromatic heterocycles. The van der Waals surface area contributed by atoms with Gasteiger partial charge in [-0.15, -0.1) is 0 Å². The average Bonchev–Trinajstić information content (AvgIpc) is 2.32. The third-order valence-corrected chi connectivity index (χ3v) is 1.09. The van der Waals surface area contributed by atoms with E-state index in [1.54, 1.807) is 10.7 Å². The Hall–Kier alpha value is -0.440. The maximum absolute atomic E-state index is 11.7. The van der Waals surface area contributed by atoms with E-state index in [-0.39, 0.29) is 0 Å². The lowest BCUT2D eigenvalue weighted by Crippen LogP contribution is -2.46. The van der Waals surface area contributed by atoms with Gasteiger partial charge in [0.05, 0.1) is 0 Å². The van der Waals surface area contributed by atoms with Crippen LogP contribution in [-0.2, 0) is 4.94 Å². The van der Waals surface area contributed by atoms with Crippen molar-refractivity contribution in [3.05, 3.63) is 0 Å². The molecule has 0 aromatic carbocycles. The van der Waals surface area contributed by atoms with Crippen molar-refractivity contribution in [1.29, 1.82) is 0 Å². The van der Waals surface area contributed by atoms with Crippen LogP contribution in [0, 0.1) is 0 Å². The summed E-state index contributed by atoms with van der Waals surface area (Å²) in [4.78, 5) is 3.05. The highest BCUT2D eigenvalue weighted by atomic mass is 19.4. The molecule has 1 rings (SSSR count). The maximum Gasteiger partial charge on any atom is 0.418 e. The van der Waals surface area contributed by atoms with Gasteiger partial charge >= 0.3 is 6.18 Å². The lowest BCUT2D eigenvalue weighted by atomic mass is 10.5. The molecule has 1 heterocycles. The van der Waals surface area contributed by atoms with Gasteiger partial charge in [-0.3, -0.25) is 5.32 Å². The molecule has 2 unspecified atom stereocenters. The Bertz CT molecular complexity index is 139. The van der Waals surface area contributed by atoms with E-state index >= 15 is 0 Å². The minimum absolute atomic E-state index is 1.46. The molecule has 0 aliphatic carbocycles. The first-order valence-electron chi connectivity index (χ1n) is 2.65. The van der Waals surface area contributed by atoms with E-state index in [1.165, 1.54) is 0 Å². The summed E-state index contributed by atoms with van der Waals surface area (Å²) < 4.78 is 46.4. The number of hydrogen-bond donors (Lipinski definition) is 3. The van der Waals surface area contributed by atoms with Gasteiger partial charge in [0.2, 0.25) is 6.35 Å². The van der Waals surface area contributed by atoms with Gasteiger partial charge in [-0.25, -0.2) is 10.9 Å². The van der Waals surface area contributed by atoms with E-state index in [1.807, 2.05) is 5.43 Å². The standard InChI is InChI=1S/C3H5F4N3O/c4-3(5,6)1-8-2(11-7)10-9-1/h1-2,8-10H. The van der Waals surface area contributed by atoms with Crippen LogP contribution in [-0.4, -0.2) is 18.7 Å². The Kier molecular flexibility index (Phi) is 2.28. The zero-order valence-electron chi connectivity index (χ0n) is 5.07. The van der Waals surface area contributed by atoms with Crippen LogP contribution in [0.4, 0.5) is 17.7 Å². The molecule has 0 amide bonds. The fraction of sp³-hybridized carbons (Fsp3) is 1.00. The van der Waals surface area contributed by atoms with Crippen LogP contribution in [0.1, 0.15) is 0 Å². The fourth-order valence-corrected chi connectivity index (χ4v) is 0.618. The molecule has 0 saturated carbocycles. The molecular formula is C3H5F4N3O. The van der Waals surface area contributed by atoms with Crippen molar-refractivity contribution >= 4 is 0 Å². The SMILES string of the molecule is FOC1NNC(C(F)(F)F)N1. The lowest BCUT2D eigenvalue weighted by Gasteiger charge is -2.13. The smallest absolute Gasteiger partial charge is 0.251 e. The van der Waals surface area contributed by atoms with Gasteiger partial charge in [-0.1, -0.05) is 0 Å². The predicted octanol–water partition coefficient (Wildman–Crippen LogP) is -0.243.